The van der Waals surface area contributed by atoms with Gasteiger partial charge in [0.15, 0.2) is 0 Å². The first-order valence-electron chi connectivity index (χ1n) is 6.69. The van der Waals surface area contributed by atoms with Crippen molar-refractivity contribution in [2.45, 2.75) is 13.5 Å². The fourth-order valence-electron chi connectivity index (χ4n) is 1.75. The van der Waals surface area contributed by atoms with E-state index in [2.05, 4.69) is 5.32 Å². The average Bonchev–Trinajstić information content (AvgIpc) is 2.47. The fraction of sp³-hybridized carbons (Fsp3) is 0.188. The predicted octanol–water partition coefficient (Wildman–Crippen LogP) is 4.63. The van der Waals surface area contributed by atoms with Crippen LogP contribution in [0.1, 0.15) is 12.5 Å². The molecule has 1 N–H and O–H groups in total. The molecule has 1 amide bonds. The number of amides is 1. The van der Waals surface area contributed by atoms with Crippen molar-refractivity contribution in [2.75, 3.05) is 11.9 Å². The second-order valence-electron chi connectivity index (χ2n) is 4.40. The van der Waals surface area contributed by atoms with Gasteiger partial charge < -0.3 is 9.47 Å². The molecule has 0 radical (unpaired) electrons. The molecular weight excluding hydrogens is 309 g/mol. The van der Waals surface area contributed by atoms with Gasteiger partial charge in [0.2, 0.25) is 0 Å². The molecular formula is C16H15ClFNO3. The van der Waals surface area contributed by atoms with Crippen LogP contribution in [-0.4, -0.2) is 12.7 Å². The topological polar surface area (TPSA) is 47.6 Å². The molecule has 2 aromatic rings. The third-order valence-corrected chi connectivity index (χ3v) is 3.12. The Morgan fingerprint density at radius 3 is 2.82 bits per heavy atom. The quantitative estimate of drug-likeness (QED) is 0.873. The summed E-state index contributed by atoms with van der Waals surface area (Å²) in [6.07, 6.45) is -0.527. The lowest BCUT2D eigenvalue weighted by atomic mass is 10.2. The first kappa shape index (κ1) is 16.1. The minimum Gasteiger partial charge on any atom is -0.489 e. The average molecular weight is 324 g/mol. The number of carbonyl (C=O) groups is 1. The van der Waals surface area contributed by atoms with Crippen molar-refractivity contribution in [1.29, 1.82) is 0 Å². The summed E-state index contributed by atoms with van der Waals surface area (Å²) in [7, 11) is 0. The van der Waals surface area contributed by atoms with Crippen molar-refractivity contribution < 1.29 is 18.7 Å². The van der Waals surface area contributed by atoms with Gasteiger partial charge in [-0.05, 0) is 31.2 Å². The number of rotatable bonds is 5. The Bertz CT molecular complexity index is 664. The first-order chi connectivity index (χ1) is 10.6. The van der Waals surface area contributed by atoms with Crippen molar-refractivity contribution in [1.82, 2.24) is 0 Å². The summed E-state index contributed by atoms with van der Waals surface area (Å²) in [6, 6.07) is 11.0. The smallest absolute Gasteiger partial charge is 0.411 e. The molecule has 0 aromatic heterocycles. The fourth-order valence-corrected chi connectivity index (χ4v) is 1.97. The lowest BCUT2D eigenvalue weighted by Gasteiger charge is -2.10. The molecule has 0 unspecified atom stereocenters. The van der Waals surface area contributed by atoms with Crippen LogP contribution in [-0.2, 0) is 11.3 Å². The van der Waals surface area contributed by atoms with Crippen LogP contribution in [0.15, 0.2) is 42.5 Å². The van der Waals surface area contributed by atoms with E-state index in [4.69, 9.17) is 21.1 Å². The van der Waals surface area contributed by atoms with Crippen LogP contribution in [0.2, 0.25) is 5.02 Å². The van der Waals surface area contributed by atoms with Crippen LogP contribution in [0.4, 0.5) is 14.9 Å². The van der Waals surface area contributed by atoms with E-state index in [0.717, 1.165) is 0 Å². The molecule has 0 aliphatic carbocycles. The number of ether oxygens (including phenoxy) is 2. The number of halogens is 2. The van der Waals surface area contributed by atoms with Crippen molar-refractivity contribution in [2.24, 2.45) is 0 Å². The molecule has 0 aliphatic rings. The number of hydrogen-bond donors (Lipinski definition) is 1. The standard InChI is InChI=1S/C16H15ClFNO3/c1-2-21-16(20)19-13-4-3-5-14(9-13)22-10-11-6-7-12(18)8-15(11)17/h3-9H,2,10H2,1H3,(H,19,20). The predicted molar refractivity (Wildman–Crippen MR) is 82.8 cm³/mol. The molecule has 4 nitrogen and oxygen atoms in total. The lowest BCUT2D eigenvalue weighted by molar-refractivity contribution is 0.168. The number of anilines is 1. The van der Waals surface area contributed by atoms with Crippen LogP contribution < -0.4 is 10.1 Å². The van der Waals surface area contributed by atoms with Crippen LogP contribution in [0.5, 0.6) is 5.75 Å². The molecule has 0 spiro atoms. The number of nitrogens with one attached hydrogen (secondary N) is 1. The highest BCUT2D eigenvalue weighted by atomic mass is 35.5. The Balaban J connectivity index is 1.99. The highest BCUT2D eigenvalue weighted by Crippen LogP contribution is 2.22. The van der Waals surface area contributed by atoms with Gasteiger partial charge in [0.05, 0.1) is 11.6 Å². The summed E-state index contributed by atoms with van der Waals surface area (Å²) in [5.41, 5.74) is 1.23. The molecule has 116 valence electrons. The molecule has 22 heavy (non-hydrogen) atoms. The van der Waals surface area contributed by atoms with Crippen LogP contribution in [0.3, 0.4) is 0 Å². The maximum atomic E-state index is 13.0. The Labute approximate surface area is 132 Å². The van der Waals surface area contributed by atoms with Gasteiger partial charge >= 0.3 is 6.09 Å². The van der Waals surface area contributed by atoms with Crippen molar-refractivity contribution in [3.63, 3.8) is 0 Å². The third kappa shape index (κ3) is 4.63. The normalized spacial score (nSPS) is 10.1. The van der Waals surface area contributed by atoms with Gasteiger partial charge in [-0.1, -0.05) is 23.7 Å². The van der Waals surface area contributed by atoms with E-state index in [9.17, 15) is 9.18 Å². The highest BCUT2D eigenvalue weighted by Gasteiger charge is 2.05. The first-order valence-corrected chi connectivity index (χ1v) is 7.07. The Morgan fingerprint density at radius 2 is 2.09 bits per heavy atom. The van der Waals surface area contributed by atoms with Crippen LogP contribution >= 0.6 is 11.6 Å². The number of carbonyl (C=O) groups excluding carboxylic acids is 1. The molecule has 2 aromatic carbocycles. The Kier molecular flexibility index (Phi) is 5.61. The van der Waals surface area contributed by atoms with E-state index in [1.54, 1.807) is 37.3 Å². The van der Waals surface area contributed by atoms with E-state index in [-0.39, 0.29) is 6.61 Å². The molecule has 0 fully saturated rings. The molecule has 0 bridgehead atoms. The third-order valence-electron chi connectivity index (χ3n) is 2.77. The van der Waals surface area contributed by atoms with Gasteiger partial charge in [0.1, 0.15) is 18.2 Å². The number of benzene rings is 2. The maximum absolute atomic E-state index is 13.0. The summed E-state index contributed by atoms with van der Waals surface area (Å²) in [6.45, 7) is 2.22. The SMILES string of the molecule is CCOC(=O)Nc1cccc(OCc2ccc(F)cc2Cl)c1. The van der Waals surface area contributed by atoms with Gasteiger partial charge in [-0.15, -0.1) is 0 Å². The van der Waals surface area contributed by atoms with Gasteiger partial charge in [-0.2, -0.15) is 0 Å². The molecule has 0 saturated heterocycles. The zero-order valence-electron chi connectivity index (χ0n) is 11.9. The summed E-state index contributed by atoms with van der Waals surface area (Å²) < 4.78 is 23.4. The van der Waals surface area contributed by atoms with Crippen molar-refractivity contribution in [3.05, 3.63) is 58.9 Å². The second-order valence-corrected chi connectivity index (χ2v) is 4.80. The Hall–Kier alpha value is -2.27. The molecule has 0 saturated carbocycles. The summed E-state index contributed by atoms with van der Waals surface area (Å²) in [4.78, 5) is 11.4. The summed E-state index contributed by atoms with van der Waals surface area (Å²) in [5.74, 6) is 0.157. The van der Waals surface area contributed by atoms with E-state index in [1.807, 2.05) is 0 Å². The zero-order valence-corrected chi connectivity index (χ0v) is 12.7. The van der Waals surface area contributed by atoms with E-state index >= 15 is 0 Å². The Morgan fingerprint density at radius 1 is 1.27 bits per heavy atom. The van der Waals surface area contributed by atoms with E-state index in [1.165, 1.54) is 12.1 Å². The monoisotopic (exact) mass is 323 g/mol. The second kappa shape index (κ2) is 7.66. The van der Waals surface area contributed by atoms with Gasteiger partial charge in [-0.25, -0.2) is 9.18 Å². The van der Waals surface area contributed by atoms with Gasteiger partial charge in [-0.3, -0.25) is 5.32 Å². The van der Waals surface area contributed by atoms with Gasteiger partial charge in [0, 0.05) is 17.3 Å². The van der Waals surface area contributed by atoms with E-state index < -0.39 is 11.9 Å². The van der Waals surface area contributed by atoms with Crippen LogP contribution in [0.25, 0.3) is 0 Å². The highest BCUT2D eigenvalue weighted by molar-refractivity contribution is 6.31. The van der Waals surface area contributed by atoms with Crippen molar-refractivity contribution in [3.8, 4) is 5.75 Å². The van der Waals surface area contributed by atoms with Crippen LogP contribution in [0, 0.1) is 5.82 Å². The molecule has 2 rings (SSSR count). The summed E-state index contributed by atoms with van der Waals surface area (Å²) in [5, 5.41) is 2.89. The summed E-state index contributed by atoms with van der Waals surface area (Å²) >= 11 is 5.94. The lowest BCUT2D eigenvalue weighted by Crippen LogP contribution is -2.13. The molecule has 6 heteroatoms. The van der Waals surface area contributed by atoms with Crippen molar-refractivity contribution >= 4 is 23.4 Å². The molecule has 0 atom stereocenters. The molecule has 0 aliphatic heterocycles. The molecule has 0 heterocycles. The van der Waals surface area contributed by atoms with Gasteiger partial charge in [0.25, 0.3) is 0 Å². The van der Waals surface area contributed by atoms with E-state index in [0.29, 0.717) is 28.6 Å². The minimum atomic E-state index is -0.527. The number of hydrogen-bond acceptors (Lipinski definition) is 3. The largest absolute Gasteiger partial charge is 0.489 e. The maximum Gasteiger partial charge on any atom is 0.411 e. The minimum absolute atomic E-state index is 0.196. The zero-order chi connectivity index (χ0) is 15.9.